The monoisotopic (exact) mass is 191 g/mol. The molecule has 0 aromatic carbocycles. The Hall–Kier alpha value is 0.480. The predicted molar refractivity (Wildman–Crippen MR) is 46.8 cm³/mol. The van der Waals surface area contributed by atoms with Gasteiger partial charge in [0.25, 0.3) is 0 Å². The Morgan fingerprint density at radius 1 is 1.44 bits per heavy atom. The predicted octanol–water partition coefficient (Wildman–Crippen LogP) is 3.41. The fourth-order valence-electron chi connectivity index (χ4n) is 0.802. The largest absolute Gasteiger partial charge is 0.0887 e. The van der Waals surface area contributed by atoms with Crippen LogP contribution >= 0.6 is 15.9 Å². The van der Waals surface area contributed by atoms with Gasteiger partial charge in [-0.15, -0.1) is 0 Å². The molecule has 0 nitrogen and oxygen atoms in total. The summed E-state index contributed by atoms with van der Waals surface area (Å²) in [4.78, 5) is 0.627. The molecular formula is C8H16Br. The zero-order chi connectivity index (χ0) is 7.28. The minimum absolute atomic E-state index is 0.627. The molecule has 55 valence electrons. The molecule has 0 aromatic heterocycles. The molecule has 0 saturated carbocycles. The molecule has 1 unspecified atom stereocenters. The second-order valence-electron chi connectivity index (χ2n) is 2.79. The summed E-state index contributed by atoms with van der Waals surface area (Å²) in [7, 11) is 0. The van der Waals surface area contributed by atoms with Crippen LogP contribution in [0, 0.1) is 12.3 Å². The molecule has 0 aromatic rings. The number of hydrogen-bond acceptors (Lipinski definition) is 0. The normalized spacial score (nSPS) is 14.3. The molecule has 1 atom stereocenters. The summed E-state index contributed by atoms with van der Waals surface area (Å²) >= 11 is 3.58. The van der Waals surface area contributed by atoms with Crippen LogP contribution in [0.4, 0.5) is 0 Å². The van der Waals surface area contributed by atoms with Crippen LogP contribution in [0.1, 0.15) is 33.6 Å². The Morgan fingerprint density at radius 2 is 2.00 bits per heavy atom. The molecule has 0 bridgehead atoms. The summed E-state index contributed by atoms with van der Waals surface area (Å²) in [6, 6.07) is 0. The average molecular weight is 192 g/mol. The fraction of sp³-hybridized carbons (Fsp3) is 0.875. The standard InChI is InChI=1S/C8H16Br/c1-4-5-8(9)6-7(2)3/h5,7-8H,4,6H2,1-3H3. The van der Waals surface area contributed by atoms with Crippen molar-refractivity contribution in [3.8, 4) is 0 Å². The van der Waals surface area contributed by atoms with Crippen LogP contribution in [-0.4, -0.2) is 4.83 Å². The number of hydrogen-bond donors (Lipinski definition) is 0. The maximum atomic E-state index is 3.58. The third-order valence-electron chi connectivity index (χ3n) is 1.19. The maximum absolute atomic E-state index is 3.58. The minimum atomic E-state index is 0.627. The van der Waals surface area contributed by atoms with Crippen LogP contribution in [0.5, 0.6) is 0 Å². The van der Waals surface area contributed by atoms with Gasteiger partial charge in [-0.25, -0.2) is 0 Å². The highest BCUT2D eigenvalue weighted by atomic mass is 79.9. The Morgan fingerprint density at radius 3 is 2.33 bits per heavy atom. The zero-order valence-electron chi connectivity index (χ0n) is 6.52. The number of alkyl halides is 1. The Labute approximate surface area is 67.2 Å². The molecule has 0 saturated heterocycles. The smallest absolute Gasteiger partial charge is 0.0179 e. The van der Waals surface area contributed by atoms with Crippen molar-refractivity contribution in [3.05, 3.63) is 6.42 Å². The molecule has 1 radical (unpaired) electrons. The summed E-state index contributed by atoms with van der Waals surface area (Å²) in [5, 5.41) is 0. The summed E-state index contributed by atoms with van der Waals surface area (Å²) in [5.41, 5.74) is 0. The first kappa shape index (κ1) is 9.48. The molecular weight excluding hydrogens is 176 g/mol. The van der Waals surface area contributed by atoms with E-state index in [2.05, 4.69) is 43.1 Å². The van der Waals surface area contributed by atoms with E-state index in [1.165, 1.54) is 12.8 Å². The molecule has 9 heavy (non-hydrogen) atoms. The number of halogens is 1. The van der Waals surface area contributed by atoms with Crippen molar-refractivity contribution in [2.75, 3.05) is 0 Å². The quantitative estimate of drug-likeness (QED) is 0.598. The molecule has 0 heterocycles. The van der Waals surface area contributed by atoms with Crippen molar-refractivity contribution >= 4 is 15.9 Å². The third-order valence-corrected chi connectivity index (χ3v) is 1.94. The van der Waals surface area contributed by atoms with Gasteiger partial charge in [-0.05, 0) is 18.8 Å². The summed E-state index contributed by atoms with van der Waals surface area (Å²) in [5.74, 6) is 0.803. The highest BCUT2D eigenvalue weighted by Crippen LogP contribution is 2.16. The fourth-order valence-corrected chi connectivity index (χ4v) is 1.92. The van der Waals surface area contributed by atoms with E-state index in [1.807, 2.05) is 0 Å². The molecule has 0 spiro atoms. The van der Waals surface area contributed by atoms with Crippen molar-refractivity contribution in [1.82, 2.24) is 0 Å². The summed E-state index contributed by atoms with van der Waals surface area (Å²) in [6.45, 7) is 6.67. The van der Waals surface area contributed by atoms with Gasteiger partial charge in [-0.3, -0.25) is 0 Å². The van der Waals surface area contributed by atoms with Crippen molar-refractivity contribution in [2.45, 2.75) is 38.4 Å². The van der Waals surface area contributed by atoms with Crippen molar-refractivity contribution < 1.29 is 0 Å². The molecule has 0 amide bonds. The minimum Gasteiger partial charge on any atom is -0.0887 e. The lowest BCUT2D eigenvalue weighted by atomic mass is 10.1. The molecule has 0 aliphatic heterocycles. The molecule has 0 rings (SSSR count). The van der Waals surface area contributed by atoms with Crippen molar-refractivity contribution in [3.63, 3.8) is 0 Å². The topological polar surface area (TPSA) is 0 Å². The first-order chi connectivity index (χ1) is 4.16. The van der Waals surface area contributed by atoms with Gasteiger partial charge in [-0.1, -0.05) is 43.1 Å². The Kier molecular flexibility index (Phi) is 5.56. The van der Waals surface area contributed by atoms with Crippen LogP contribution in [0.2, 0.25) is 0 Å². The molecule has 0 aliphatic rings. The second kappa shape index (κ2) is 5.28. The van der Waals surface area contributed by atoms with Crippen molar-refractivity contribution in [2.24, 2.45) is 5.92 Å². The Bertz CT molecular complexity index is 59.6. The first-order valence-corrected chi connectivity index (χ1v) is 4.55. The van der Waals surface area contributed by atoms with Crippen molar-refractivity contribution in [1.29, 1.82) is 0 Å². The van der Waals surface area contributed by atoms with Crippen LogP contribution < -0.4 is 0 Å². The van der Waals surface area contributed by atoms with Gasteiger partial charge in [0.05, 0.1) is 0 Å². The van der Waals surface area contributed by atoms with Crippen LogP contribution in [0.25, 0.3) is 0 Å². The van der Waals surface area contributed by atoms with E-state index >= 15 is 0 Å². The van der Waals surface area contributed by atoms with Gasteiger partial charge in [0.1, 0.15) is 0 Å². The van der Waals surface area contributed by atoms with Crippen LogP contribution in [0.15, 0.2) is 0 Å². The third kappa shape index (κ3) is 6.36. The SMILES string of the molecule is CC[CH]C(Br)CC(C)C. The molecule has 0 fully saturated rings. The highest BCUT2D eigenvalue weighted by molar-refractivity contribution is 9.09. The average Bonchev–Trinajstić information content (AvgIpc) is 1.63. The van der Waals surface area contributed by atoms with E-state index in [4.69, 9.17) is 0 Å². The van der Waals surface area contributed by atoms with E-state index in [0.717, 1.165) is 5.92 Å². The lowest BCUT2D eigenvalue weighted by Crippen LogP contribution is -2.02. The van der Waals surface area contributed by atoms with E-state index in [0.29, 0.717) is 4.83 Å². The van der Waals surface area contributed by atoms with Gasteiger partial charge >= 0.3 is 0 Å². The zero-order valence-corrected chi connectivity index (χ0v) is 8.11. The molecule has 0 N–H and O–H groups in total. The lowest BCUT2D eigenvalue weighted by Gasteiger charge is -2.09. The van der Waals surface area contributed by atoms with Crippen LogP contribution in [0.3, 0.4) is 0 Å². The van der Waals surface area contributed by atoms with Gasteiger partial charge in [0, 0.05) is 4.83 Å². The summed E-state index contributed by atoms with van der Waals surface area (Å²) < 4.78 is 0. The molecule has 0 aliphatic carbocycles. The van der Waals surface area contributed by atoms with E-state index < -0.39 is 0 Å². The summed E-state index contributed by atoms with van der Waals surface area (Å²) in [6.07, 6.45) is 4.73. The first-order valence-electron chi connectivity index (χ1n) is 3.64. The number of rotatable bonds is 4. The second-order valence-corrected chi connectivity index (χ2v) is 3.97. The van der Waals surface area contributed by atoms with E-state index in [1.54, 1.807) is 0 Å². The van der Waals surface area contributed by atoms with Gasteiger partial charge in [0.2, 0.25) is 0 Å². The molecule has 1 heteroatoms. The van der Waals surface area contributed by atoms with Gasteiger partial charge in [0.15, 0.2) is 0 Å². The van der Waals surface area contributed by atoms with E-state index in [9.17, 15) is 0 Å². The maximum Gasteiger partial charge on any atom is 0.0179 e. The lowest BCUT2D eigenvalue weighted by molar-refractivity contribution is 0.590. The van der Waals surface area contributed by atoms with E-state index in [-0.39, 0.29) is 0 Å². The Balaban J connectivity index is 3.15. The van der Waals surface area contributed by atoms with Gasteiger partial charge in [-0.2, -0.15) is 0 Å². The van der Waals surface area contributed by atoms with Gasteiger partial charge < -0.3 is 0 Å². The highest BCUT2D eigenvalue weighted by Gasteiger charge is 2.04. The van der Waals surface area contributed by atoms with Crippen LogP contribution in [-0.2, 0) is 0 Å².